The zero-order valence-corrected chi connectivity index (χ0v) is 12.6. The van der Waals surface area contributed by atoms with Crippen LogP contribution in [0.1, 0.15) is 5.01 Å². The van der Waals surface area contributed by atoms with Crippen molar-refractivity contribution in [2.75, 3.05) is 16.8 Å². The maximum atomic E-state index is 11.4. The minimum absolute atomic E-state index is 0.00185. The second-order valence-corrected chi connectivity index (χ2v) is 8.23. The molecule has 1 fully saturated rings. The molecule has 18 heavy (non-hydrogen) atoms. The number of hydrogen-bond donors (Lipinski definition) is 2. The molecule has 0 radical (unpaired) electrons. The van der Waals surface area contributed by atoms with Crippen LogP contribution in [0.3, 0.4) is 0 Å². The highest BCUT2D eigenvalue weighted by Gasteiger charge is 2.36. The summed E-state index contributed by atoms with van der Waals surface area (Å²) < 4.78 is 22.8. The van der Waals surface area contributed by atoms with E-state index in [1.165, 1.54) is 11.3 Å². The molecule has 10 heteroatoms. The molecule has 1 aliphatic rings. The van der Waals surface area contributed by atoms with Crippen molar-refractivity contribution in [3.05, 3.63) is 5.01 Å². The van der Waals surface area contributed by atoms with Gasteiger partial charge in [-0.2, -0.15) is 0 Å². The van der Waals surface area contributed by atoms with Gasteiger partial charge in [0.15, 0.2) is 14.9 Å². The van der Waals surface area contributed by atoms with Gasteiger partial charge in [-0.05, 0) is 19.1 Å². The third kappa shape index (κ3) is 3.50. The van der Waals surface area contributed by atoms with E-state index in [1.807, 2.05) is 6.92 Å². The molecule has 2 rings (SSSR count). The Morgan fingerprint density at radius 2 is 2.22 bits per heavy atom. The maximum absolute atomic E-state index is 11.4. The first-order valence-corrected chi connectivity index (χ1v) is 8.56. The van der Waals surface area contributed by atoms with E-state index in [0.717, 1.165) is 5.01 Å². The summed E-state index contributed by atoms with van der Waals surface area (Å²) >= 11 is 12.4. The van der Waals surface area contributed by atoms with Gasteiger partial charge in [0.1, 0.15) is 5.01 Å². The van der Waals surface area contributed by atoms with Crippen molar-refractivity contribution in [2.45, 2.75) is 18.3 Å². The van der Waals surface area contributed by atoms with Crippen molar-refractivity contribution in [1.82, 2.24) is 15.5 Å². The number of anilines is 1. The topological polar surface area (TPSA) is 84.0 Å². The molecule has 0 spiro atoms. The summed E-state index contributed by atoms with van der Waals surface area (Å²) in [6, 6.07) is -0.370. The molecule has 6 nitrogen and oxygen atoms in total. The van der Waals surface area contributed by atoms with Crippen molar-refractivity contribution < 1.29 is 8.42 Å². The van der Waals surface area contributed by atoms with Crippen LogP contribution in [0.25, 0.3) is 0 Å². The Balaban J connectivity index is 1.92. The highest BCUT2D eigenvalue weighted by molar-refractivity contribution is 7.91. The van der Waals surface area contributed by atoms with E-state index >= 15 is 0 Å². The molecule has 100 valence electrons. The van der Waals surface area contributed by atoms with Gasteiger partial charge < -0.3 is 10.6 Å². The Morgan fingerprint density at radius 1 is 1.50 bits per heavy atom. The Labute approximate surface area is 119 Å². The highest BCUT2D eigenvalue weighted by Crippen LogP contribution is 2.18. The lowest BCUT2D eigenvalue weighted by atomic mass is 10.3. The minimum atomic E-state index is -3.07. The monoisotopic (exact) mass is 326 g/mol. The van der Waals surface area contributed by atoms with Crippen LogP contribution in [0.15, 0.2) is 0 Å². The second-order valence-electron chi connectivity index (χ2n) is 3.92. The molecule has 0 aromatic carbocycles. The van der Waals surface area contributed by atoms with Gasteiger partial charge in [-0.1, -0.05) is 11.3 Å². The van der Waals surface area contributed by atoms with Crippen LogP contribution >= 0.6 is 35.2 Å². The summed E-state index contributed by atoms with van der Waals surface area (Å²) in [4.78, 5) is 0. The zero-order valence-electron chi connectivity index (χ0n) is 9.38. The van der Waals surface area contributed by atoms with E-state index < -0.39 is 15.2 Å². The number of alkyl halides is 1. The molecule has 2 heterocycles. The fourth-order valence-corrected chi connectivity index (χ4v) is 5.04. The van der Waals surface area contributed by atoms with Gasteiger partial charge >= 0.3 is 0 Å². The number of halogens is 1. The van der Waals surface area contributed by atoms with Gasteiger partial charge in [-0.3, -0.25) is 0 Å². The summed E-state index contributed by atoms with van der Waals surface area (Å²) in [5.41, 5.74) is 0. The number of nitrogens with one attached hydrogen (secondary N) is 2. The van der Waals surface area contributed by atoms with Crippen LogP contribution in [0.4, 0.5) is 5.13 Å². The lowest BCUT2D eigenvalue weighted by Gasteiger charge is -2.16. The number of aromatic nitrogens is 2. The molecule has 0 saturated carbocycles. The summed E-state index contributed by atoms with van der Waals surface area (Å²) in [6.07, 6.45) is 0. The van der Waals surface area contributed by atoms with Gasteiger partial charge in [0, 0.05) is 0 Å². The van der Waals surface area contributed by atoms with Crippen molar-refractivity contribution in [2.24, 2.45) is 0 Å². The number of hydrogen-bond acceptors (Lipinski definition) is 6. The van der Waals surface area contributed by atoms with E-state index in [2.05, 4.69) is 20.8 Å². The summed E-state index contributed by atoms with van der Waals surface area (Å²) in [7, 11) is -3.07. The van der Waals surface area contributed by atoms with Gasteiger partial charge in [-0.15, -0.1) is 21.8 Å². The average Bonchev–Trinajstić information content (AvgIpc) is 2.71. The molecule has 0 amide bonds. The molecular formula is C8H11ClN4O2S3. The van der Waals surface area contributed by atoms with Crippen LogP contribution in [0.2, 0.25) is 0 Å². The SMILES string of the molecule is Cc1nnc(NC(=S)N[C@@H]2CS(=O)(=O)C[C@H]2Cl)s1. The number of nitrogens with zero attached hydrogens (tertiary/aromatic N) is 2. The van der Waals surface area contributed by atoms with Gasteiger partial charge in [-0.25, -0.2) is 8.42 Å². The highest BCUT2D eigenvalue weighted by atomic mass is 35.5. The van der Waals surface area contributed by atoms with E-state index in [0.29, 0.717) is 10.2 Å². The summed E-state index contributed by atoms with van der Waals surface area (Å²) in [5, 5.41) is 14.7. The van der Waals surface area contributed by atoms with Gasteiger partial charge in [0.2, 0.25) is 5.13 Å². The summed E-state index contributed by atoms with van der Waals surface area (Å²) in [5.74, 6) is -0.0229. The van der Waals surface area contributed by atoms with Crippen LogP contribution in [0.5, 0.6) is 0 Å². The van der Waals surface area contributed by atoms with E-state index in [1.54, 1.807) is 0 Å². The van der Waals surface area contributed by atoms with Gasteiger partial charge in [0.25, 0.3) is 0 Å². The van der Waals surface area contributed by atoms with E-state index in [9.17, 15) is 8.42 Å². The molecule has 2 atom stereocenters. The molecule has 1 saturated heterocycles. The first-order chi connectivity index (χ1) is 8.35. The summed E-state index contributed by atoms with van der Waals surface area (Å²) in [6.45, 7) is 1.83. The number of rotatable bonds is 2. The third-order valence-corrected chi connectivity index (χ3v) is 5.70. The second kappa shape index (κ2) is 5.24. The zero-order chi connectivity index (χ0) is 13.3. The quantitative estimate of drug-likeness (QED) is 0.606. The molecule has 1 aromatic rings. The Kier molecular flexibility index (Phi) is 4.05. The van der Waals surface area contributed by atoms with Crippen LogP contribution in [0, 0.1) is 6.92 Å². The number of aryl methyl sites for hydroxylation is 1. The molecule has 1 aromatic heterocycles. The number of sulfone groups is 1. The largest absolute Gasteiger partial charge is 0.357 e. The van der Waals surface area contributed by atoms with E-state index in [-0.39, 0.29) is 17.5 Å². The molecule has 2 N–H and O–H groups in total. The van der Waals surface area contributed by atoms with Crippen LogP contribution in [-0.2, 0) is 9.84 Å². The number of thiocarbonyl (C=S) groups is 1. The Bertz CT molecular complexity index is 558. The van der Waals surface area contributed by atoms with Crippen LogP contribution in [-0.4, -0.2) is 46.7 Å². The minimum Gasteiger partial charge on any atom is -0.357 e. The third-order valence-electron chi connectivity index (χ3n) is 2.35. The molecule has 0 unspecified atom stereocenters. The Morgan fingerprint density at radius 3 is 2.72 bits per heavy atom. The maximum Gasteiger partial charge on any atom is 0.211 e. The lowest BCUT2D eigenvalue weighted by Crippen LogP contribution is -2.42. The van der Waals surface area contributed by atoms with Crippen LogP contribution < -0.4 is 10.6 Å². The molecule has 0 bridgehead atoms. The van der Waals surface area contributed by atoms with Crippen molar-refractivity contribution in [3.63, 3.8) is 0 Å². The first-order valence-electron chi connectivity index (χ1n) is 5.08. The van der Waals surface area contributed by atoms with Gasteiger partial charge in [0.05, 0.1) is 22.9 Å². The average molecular weight is 327 g/mol. The predicted octanol–water partition coefficient (Wildman–Crippen LogP) is 0.537. The smallest absolute Gasteiger partial charge is 0.211 e. The van der Waals surface area contributed by atoms with Crippen molar-refractivity contribution >= 4 is 55.2 Å². The normalized spacial score (nSPS) is 25.9. The van der Waals surface area contributed by atoms with Crippen molar-refractivity contribution in [1.29, 1.82) is 0 Å². The molecule has 1 aliphatic heterocycles. The van der Waals surface area contributed by atoms with Crippen molar-refractivity contribution in [3.8, 4) is 0 Å². The fraction of sp³-hybridized carbons (Fsp3) is 0.625. The predicted molar refractivity (Wildman–Crippen MR) is 76.1 cm³/mol. The standard InChI is InChI=1S/C8H11ClN4O2S3/c1-4-12-13-8(17-4)11-7(16)10-6-3-18(14,15)2-5(6)9/h5-6H,2-3H2,1H3,(H2,10,11,13,16)/t5-,6-/m1/s1. The van der Waals surface area contributed by atoms with E-state index in [4.69, 9.17) is 23.8 Å². The first kappa shape index (κ1) is 13.9. The lowest BCUT2D eigenvalue weighted by molar-refractivity contribution is 0.600. The fourth-order valence-electron chi connectivity index (χ4n) is 1.59. The molecular weight excluding hydrogens is 316 g/mol. The Hall–Kier alpha value is -0.510. The molecule has 0 aliphatic carbocycles.